The predicted molar refractivity (Wildman–Crippen MR) is 93.4 cm³/mol. The summed E-state index contributed by atoms with van der Waals surface area (Å²) in [4.78, 5) is 22.1. The van der Waals surface area contributed by atoms with Crippen LogP contribution in [0.15, 0.2) is 59.5 Å². The lowest BCUT2D eigenvalue weighted by atomic mass is 10.2. The molecule has 0 bridgehead atoms. The minimum atomic E-state index is -3.51. The lowest BCUT2D eigenvalue weighted by molar-refractivity contribution is -0.384. The Morgan fingerprint density at radius 3 is 2.44 bits per heavy atom. The summed E-state index contributed by atoms with van der Waals surface area (Å²) in [6.45, 7) is 0. The molecule has 0 heterocycles. The Kier molecular flexibility index (Phi) is 5.63. The first-order chi connectivity index (χ1) is 11.8. The van der Waals surface area contributed by atoms with Crippen molar-refractivity contribution in [3.8, 4) is 0 Å². The molecule has 0 aliphatic heterocycles. The van der Waals surface area contributed by atoms with Gasteiger partial charge in [-0.2, -0.15) is 0 Å². The molecule has 130 valence electrons. The summed E-state index contributed by atoms with van der Waals surface area (Å²) in [5.74, 6) is -0.465. The van der Waals surface area contributed by atoms with E-state index in [-0.39, 0.29) is 10.6 Å². The first-order valence-electron chi connectivity index (χ1n) is 7.09. The van der Waals surface area contributed by atoms with Crippen LogP contribution in [0, 0.1) is 10.1 Å². The van der Waals surface area contributed by atoms with Gasteiger partial charge in [0.25, 0.3) is 5.69 Å². The number of non-ortho nitro benzene ring substituents is 1. The number of carbonyl (C=O) groups is 1. The topological polar surface area (TPSA) is 118 Å². The fourth-order valence-electron chi connectivity index (χ4n) is 1.93. The van der Waals surface area contributed by atoms with Gasteiger partial charge in [-0.15, -0.1) is 0 Å². The van der Waals surface area contributed by atoms with Gasteiger partial charge in [0.15, 0.2) is 0 Å². The average Bonchev–Trinajstić information content (AvgIpc) is 2.60. The molecule has 2 N–H and O–H groups in total. The fraction of sp³-hybridized carbons (Fsp3) is 0.0625. The second kappa shape index (κ2) is 7.69. The van der Waals surface area contributed by atoms with Crippen LogP contribution in [0.5, 0.6) is 0 Å². The second-order valence-corrected chi connectivity index (χ2v) is 6.79. The van der Waals surface area contributed by atoms with Crippen LogP contribution >= 0.6 is 0 Å². The van der Waals surface area contributed by atoms with E-state index in [2.05, 4.69) is 10.0 Å². The van der Waals surface area contributed by atoms with Gasteiger partial charge in [0, 0.05) is 23.9 Å². The van der Waals surface area contributed by atoms with Crippen LogP contribution in [0.1, 0.15) is 5.56 Å². The number of sulfonamides is 1. The number of carbonyl (C=O) groups excluding carboxylic acids is 1. The first-order valence-corrected chi connectivity index (χ1v) is 8.57. The maximum absolute atomic E-state index is 11.9. The average molecular weight is 361 g/mol. The minimum Gasteiger partial charge on any atom is -0.322 e. The van der Waals surface area contributed by atoms with Crippen molar-refractivity contribution in [3.63, 3.8) is 0 Å². The highest BCUT2D eigenvalue weighted by Gasteiger charge is 2.10. The van der Waals surface area contributed by atoms with Gasteiger partial charge in [0.1, 0.15) is 0 Å². The maximum Gasteiger partial charge on any atom is 0.271 e. The monoisotopic (exact) mass is 361 g/mol. The van der Waals surface area contributed by atoms with E-state index in [0.717, 1.165) is 0 Å². The lowest BCUT2D eigenvalue weighted by Crippen LogP contribution is -2.18. The van der Waals surface area contributed by atoms with Crippen molar-refractivity contribution in [2.75, 3.05) is 12.4 Å². The highest BCUT2D eigenvalue weighted by molar-refractivity contribution is 7.89. The molecule has 1 amide bonds. The van der Waals surface area contributed by atoms with Gasteiger partial charge in [-0.1, -0.05) is 18.2 Å². The molecule has 25 heavy (non-hydrogen) atoms. The molecule has 0 unspecified atom stereocenters. The number of nitro groups is 1. The van der Waals surface area contributed by atoms with E-state index in [0.29, 0.717) is 11.3 Å². The van der Waals surface area contributed by atoms with Gasteiger partial charge in [0.05, 0.1) is 9.82 Å². The highest BCUT2D eigenvalue weighted by atomic mass is 32.2. The smallest absolute Gasteiger partial charge is 0.271 e. The molecule has 2 rings (SSSR count). The van der Waals surface area contributed by atoms with Gasteiger partial charge in [0.2, 0.25) is 15.9 Å². The summed E-state index contributed by atoms with van der Waals surface area (Å²) in [5.41, 5.74) is 0.812. The van der Waals surface area contributed by atoms with Crippen molar-refractivity contribution in [1.82, 2.24) is 4.72 Å². The van der Waals surface area contributed by atoms with Crippen molar-refractivity contribution in [2.45, 2.75) is 4.90 Å². The normalized spacial score (nSPS) is 11.4. The molecule has 2 aromatic rings. The lowest BCUT2D eigenvalue weighted by Gasteiger charge is -2.03. The Bertz CT molecular complexity index is 921. The Labute approximate surface area is 144 Å². The molecule has 2 aromatic carbocycles. The molecule has 0 aliphatic carbocycles. The SMILES string of the molecule is CNS(=O)(=O)c1ccc(/C=C/C(=O)Nc2cccc([N+](=O)[O-])c2)cc1. The van der Waals surface area contributed by atoms with Crippen molar-refractivity contribution in [2.24, 2.45) is 0 Å². The largest absolute Gasteiger partial charge is 0.322 e. The van der Waals surface area contributed by atoms with Gasteiger partial charge in [-0.25, -0.2) is 13.1 Å². The van der Waals surface area contributed by atoms with Crippen molar-refractivity contribution < 1.29 is 18.1 Å². The van der Waals surface area contributed by atoms with Crippen molar-refractivity contribution in [3.05, 3.63) is 70.3 Å². The quantitative estimate of drug-likeness (QED) is 0.464. The third-order valence-corrected chi connectivity index (χ3v) is 4.64. The molecule has 0 fully saturated rings. The highest BCUT2D eigenvalue weighted by Crippen LogP contribution is 2.17. The van der Waals surface area contributed by atoms with Gasteiger partial charge in [-0.3, -0.25) is 14.9 Å². The number of anilines is 1. The Balaban J connectivity index is 2.05. The molecule has 8 nitrogen and oxygen atoms in total. The van der Waals surface area contributed by atoms with E-state index < -0.39 is 20.9 Å². The van der Waals surface area contributed by atoms with Crippen molar-refractivity contribution in [1.29, 1.82) is 0 Å². The van der Waals surface area contributed by atoms with Crippen LogP contribution in [-0.2, 0) is 14.8 Å². The van der Waals surface area contributed by atoms with E-state index in [1.54, 1.807) is 12.1 Å². The molecule has 0 aromatic heterocycles. The fourth-order valence-corrected chi connectivity index (χ4v) is 2.66. The number of amides is 1. The molecule has 0 radical (unpaired) electrons. The van der Waals surface area contributed by atoms with E-state index in [1.165, 1.54) is 55.6 Å². The summed E-state index contributed by atoms with van der Waals surface area (Å²) in [6, 6.07) is 11.5. The summed E-state index contributed by atoms with van der Waals surface area (Å²) in [7, 11) is -2.19. The van der Waals surface area contributed by atoms with Crippen molar-refractivity contribution >= 4 is 33.4 Å². The number of hydrogen-bond donors (Lipinski definition) is 2. The zero-order chi connectivity index (χ0) is 18.4. The summed E-state index contributed by atoms with van der Waals surface area (Å²) in [6.07, 6.45) is 2.75. The number of nitro benzene ring substituents is 1. The predicted octanol–water partition coefficient (Wildman–Crippen LogP) is 2.15. The number of rotatable bonds is 6. The van der Waals surface area contributed by atoms with E-state index in [9.17, 15) is 23.3 Å². The molecular formula is C16H15N3O5S. The first kappa shape index (κ1) is 18.3. The van der Waals surface area contributed by atoms with E-state index in [1.807, 2.05) is 0 Å². The van der Waals surface area contributed by atoms with Crippen LogP contribution in [0.2, 0.25) is 0 Å². The number of nitrogens with zero attached hydrogens (tertiary/aromatic N) is 1. The molecule has 0 atom stereocenters. The van der Waals surface area contributed by atoms with Crippen LogP contribution in [0.25, 0.3) is 6.08 Å². The van der Waals surface area contributed by atoms with E-state index in [4.69, 9.17) is 0 Å². The molecule has 9 heteroatoms. The third kappa shape index (κ3) is 4.96. The number of nitrogens with one attached hydrogen (secondary N) is 2. The molecular weight excluding hydrogens is 346 g/mol. The number of benzene rings is 2. The maximum atomic E-state index is 11.9. The zero-order valence-corrected chi connectivity index (χ0v) is 14.0. The molecule has 0 spiro atoms. The Morgan fingerprint density at radius 1 is 1.16 bits per heavy atom. The van der Waals surface area contributed by atoms with Crippen LogP contribution in [0.4, 0.5) is 11.4 Å². The summed E-state index contributed by atoms with van der Waals surface area (Å²) >= 11 is 0. The minimum absolute atomic E-state index is 0.119. The van der Waals surface area contributed by atoms with E-state index >= 15 is 0 Å². The zero-order valence-electron chi connectivity index (χ0n) is 13.2. The van der Waals surface area contributed by atoms with Crippen LogP contribution in [0.3, 0.4) is 0 Å². The molecule has 0 saturated carbocycles. The molecule has 0 saturated heterocycles. The van der Waals surface area contributed by atoms with Gasteiger partial charge >= 0.3 is 0 Å². The van der Waals surface area contributed by atoms with Crippen LogP contribution < -0.4 is 10.0 Å². The number of hydrogen-bond acceptors (Lipinski definition) is 5. The Morgan fingerprint density at radius 2 is 1.84 bits per heavy atom. The third-order valence-electron chi connectivity index (χ3n) is 3.21. The summed E-state index contributed by atoms with van der Waals surface area (Å²) < 4.78 is 25.4. The Hall–Kier alpha value is -3.04. The standard InChI is InChI=1S/C16H15N3O5S/c1-17-25(23,24)15-8-5-12(6-9-15)7-10-16(20)18-13-3-2-4-14(11-13)19(21)22/h2-11,17H,1H3,(H,18,20)/b10-7+. The van der Waals surface area contributed by atoms with Gasteiger partial charge in [-0.05, 0) is 36.9 Å². The van der Waals surface area contributed by atoms with Gasteiger partial charge < -0.3 is 5.32 Å². The summed E-state index contributed by atoms with van der Waals surface area (Å²) in [5, 5.41) is 13.2. The second-order valence-electron chi connectivity index (χ2n) is 4.91. The van der Waals surface area contributed by atoms with Crippen LogP contribution in [-0.4, -0.2) is 26.3 Å². The molecule has 0 aliphatic rings.